The summed E-state index contributed by atoms with van der Waals surface area (Å²) in [6.45, 7) is 3.52. The largest absolute Gasteiger partial charge is 0.485 e. The molecule has 0 saturated carbocycles. The van der Waals surface area contributed by atoms with Crippen molar-refractivity contribution in [1.29, 1.82) is 0 Å². The number of aryl methyl sites for hydroxylation is 1. The Labute approximate surface area is 71.4 Å². The van der Waals surface area contributed by atoms with Crippen LogP contribution in [0, 0.1) is 6.92 Å². The maximum absolute atomic E-state index is 10.6. The van der Waals surface area contributed by atoms with E-state index in [-0.39, 0.29) is 12.4 Å². The third-order valence-electron chi connectivity index (χ3n) is 1.40. The van der Waals surface area contributed by atoms with Gasteiger partial charge in [0.15, 0.2) is 5.78 Å². The van der Waals surface area contributed by atoms with Gasteiger partial charge >= 0.3 is 0 Å². The number of rotatable bonds is 3. The molecule has 0 aromatic carbocycles. The molecule has 0 amide bonds. The molecular formula is C9H11NO2. The highest BCUT2D eigenvalue weighted by Crippen LogP contribution is 2.14. The third kappa shape index (κ3) is 2.34. The van der Waals surface area contributed by atoms with E-state index >= 15 is 0 Å². The quantitative estimate of drug-likeness (QED) is 0.678. The number of pyridine rings is 1. The number of Topliss-reactive ketones (excluding diaryl/α,β-unsaturated/α-hetero) is 1. The van der Waals surface area contributed by atoms with Crippen LogP contribution in [0.15, 0.2) is 18.5 Å². The van der Waals surface area contributed by atoms with E-state index in [2.05, 4.69) is 4.98 Å². The van der Waals surface area contributed by atoms with Crippen molar-refractivity contribution in [2.24, 2.45) is 0 Å². The van der Waals surface area contributed by atoms with Crippen molar-refractivity contribution < 1.29 is 9.53 Å². The van der Waals surface area contributed by atoms with Crippen LogP contribution in [0.25, 0.3) is 0 Å². The number of hydrogen-bond donors (Lipinski definition) is 0. The fraction of sp³-hybridized carbons (Fsp3) is 0.333. The summed E-state index contributed by atoms with van der Waals surface area (Å²) in [5.41, 5.74) is 0.943. The highest BCUT2D eigenvalue weighted by atomic mass is 16.5. The number of ketones is 1. The summed E-state index contributed by atoms with van der Waals surface area (Å²) in [5, 5.41) is 0. The molecule has 1 rings (SSSR count). The standard InChI is InChI=1S/C9H11NO2/c1-7-5-10-4-3-9(7)12-6-8(2)11/h3-5H,6H2,1-2H3. The lowest BCUT2D eigenvalue weighted by atomic mass is 10.3. The summed E-state index contributed by atoms with van der Waals surface area (Å²) in [4.78, 5) is 14.5. The molecule has 0 spiro atoms. The molecule has 0 unspecified atom stereocenters. The van der Waals surface area contributed by atoms with Crippen molar-refractivity contribution >= 4 is 5.78 Å². The van der Waals surface area contributed by atoms with Crippen LogP contribution < -0.4 is 4.74 Å². The number of carbonyl (C=O) groups is 1. The number of aromatic nitrogens is 1. The Balaban J connectivity index is 2.63. The Morgan fingerprint density at radius 1 is 1.67 bits per heavy atom. The molecule has 12 heavy (non-hydrogen) atoms. The van der Waals surface area contributed by atoms with Gasteiger partial charge in [-0.05, 0) is 19.9 Å². The minimum absolute atomic E-state index is 0.0196. The predicted molar refractivity (Wildman–Crippen MR) is 45.2 cm³/mol. The molecule has 0 bridgehead atoms. The van der Waals surface area contributed by atoms with Crippen LogP contribution in [0.1, 0.15) is 12.5 Å². The summed E-state index contributed by atoms with van der Waals surface area (Å²) in [7, 11) is 0. The average molecular weight is 165 g/mol. The number of hydrogen-bond acceptors (Lipinski definition) is 3. The third-order valence-corrected chi connectivity index (χ3v) is 1.40. The van der Waals surface area contributed by atoms with E-state index in [0.717, 1.165) is 11.3 Å². The molecule has 64 valence electrons. The van der Waals surface area contributed by atoms with Crippen molar-refractivity contribution in [3.8, 4) is 5.75 Å². The van der Waals surface area contributed by atoms with Gasteiger partial charge in [0.2, 0.25) is 0 Å². The molecular weight excluding hydrogens is 154 g/mol. The van der Waals surface area contributed by atoms with E-state index in [1.807, 2.05) is 6.92 Å². The predicted octanol–water partition coefficient (Wildman–Crippen LogP) is 1.36. The molecule has 0 N–H and O–H groups in total. The van der Waals surface area contributed by atoms with Crippen molar-refractivity contribution in [1.82, 2.24) is 4.98 Å². The Morgan fingerprint density at radius 2 is 2.42 bits per heavy atom. The Hall–Kier alpha value is -1.38. The monoisotopic (exact) mass is 165 g/mol. The van der Waals surface area contributed by atoms with Gasteiger partial charge < -0.3 is 4.74 Å². The SMILES string of the molecule is CC(=O)COc1ccncc1C. The summed E-state index contributed by atoms with van der Waals surface area (Å²) >= 11 is 0. The van der Waals surface area contributed by atoms with E-state index in [1.165, 1.54) is 6.92 Å². The Morgan fingerprint density at radius 3 is 3.00 bits per heavy atom. The van der Waals surface area contributed by atoms with Gasteiger partial charge in [-0.2, -0.15) is 0 Å². The summed E-state index contributed by atoms with van der Waals surface area (Å²) in [5.74, 6) is 0.742. The van der Waals surface area contributed by atoms with Gasteiger partial charge in [-0.15, -0.1) is 0 Å². The molecule has 0 aliphatic rings. The number of ether oxygens (including phenoxy) is 1. The maximum Gasteiger partial charge on any atom is 0.167 e. The van der Waals surface area contributed by atoms with Crippen molar-refractivity contribution in [2.75, 3.05) is 6.61 Å². The summed E-state index contributed by atoms with van der Waals surface area (Å²) < 4.78 is 5.21. The van der Waals surface area contributed by atoms with Crippen molar-refractivity contribution in [2.45, 2.75) is 13.8 Å². The molecule has 3 nitrogen and oxygen atoms in total. The molecule has 3 heteroatoms. The molecule has 1 aromatic rings. The maximum atomic E-state index is 10.6. The highest BCUT2D eigenvalue weighted by molar-refractivity contribution is 5.77. The van der Waals surface area contributed by atoms with Crippen molar-refractivity contribution in [3.05, 3.63) is 24.0 Å². The fourth-order valence-electron chi connectivity index (χ4n) is 0.802. The molecule has 0 saturated heterocycles. The van der Waals surface area contributed by atoms with Crippen LogP contribution in [0.5, 0.6) is 5.75 Å². The number of nitrogens with zero attached hydrogens (tertiary/aromatic N) is 1. The number of carbonyl (C=O) groups excluding carboxylic acids is 1. The average Bonchev–Trinajstić information content (AvgIpc) is 2.03. The second kappa shape index (κ2) is 3.85. The Kier molecular flexibility index (Phi) is 2.80. The molecule has 0 fully saturated rings. The lowest BCUT2D eigenvalue weighted by Crippen LogP contribution is -2.07. The zero-order valence-corrected chi connectivity index (χ0v) is 7.20. The zero-order chi connectivity index (χ0) is 8.97. The van der Waals surface area contributed by atoms with Gasteiger partial charge in [0, 0.05) is 18.0 Å². The highest BCUT2D eigenvalue weighted by Gasteiger charge is 1.99. The topological polar surface area (TPSA) is 39.2 Å². The molecule has 1 heterocycles. The fourth-order valence-corrected chi connectivity index (χ4v) is 0.802. The van der Waals surface area contributed by atoms with Gasteiger partial charge in [0.25, 0.3) is 0 Å². The molecule has 0 radical (unpaired) electrons. The first-order valence-electron chi connectivity index (χ1n) is 3.73. The lowest BCUT2D eigenvalue weighted by molar-refractivity contribution is -0.118. The van der Waals surface area contributed by atoms with E-state index in [1.54, 1.807) is 18.5 Å². The van der Waals surface area contributed by atoms with Crippen LogP contribution in [0.3, 0.4) is 0 Å². The zero-order valence-electron chi connectivity index (χ0n) is 7.20. The molecule has 0 aliphatic carbocycles. The van der Waals surface area contributed by atoms with Gasteiger partial charge in [-0.25, -0.2) is 0 Å². The van der Waals surface area contributed by atoms with E-state index in [9.17, 15) is 4.79 Å². The first-order valence-corrected chi connectivity index (χ1v) is 3.73. The summed E-state index contributed by atoms with van der Waals surface area (Å²) in [6.07, 6.45) is 3.35. The first kappa shape index (κ1) is 8.71. The summed E-state index contributed by atoms with van der Waals surface area (Å²) in [6, 6.07) is 1.75. The van der Waals surface area contributed by atoms with E-state index < -0.39 is 0 Å². The van der Waals surface area contributed by atoms with Gasteiger partial charge in [0.05, 0.1) is 0 Å². The van der Waals surface area contributed by atoms with E-state index in [0.29, 0.717) is 0 Å². The van der Waals surface area contributed by atoms with Crippen LogP contribution >= 0.6 is 0 Å². The van der Waals surface area contributed by atoms with Crippen molar-refractivity contribution in [3.63, 3.8) is 0 Å². The minimum Gasteiger partial charge on any atom is -0.485 e. The smallest absolute Gasteiger partial charge is 0.167 e. The normalized spacial score (nSPS) is 9.50. The van der Waals surface area contributed by atoms with Gasteiger partial charge in [-0.3, -0.25) is 9.78 Å². The van der Waals surface area contributed by atoms with E-state index in [4.69, 9.17) is 4.74 Å². The lowest BCUT2D eigenvalue weighted by Gasteiger charge is -2.05. The van der Waals surface area contributed by atoms with Crippen LogP contribution in [-0.2, 0) is 4.79 Å². The molecule has 0 aliphatic heterocycles. The Bertz CT molecular complexity index is 284. The van der Waals surface area contributed by atoms with Crippen LogP contribution in [0.2, 0.25) is 0 Å². The van der Waals surface area contributed by atoms with Gasteiger partial charge in [0.1, 0.15) is 12.4 Å². The second-order valence-corrected chi connectivity index (χ2v) is 2.63. The van der Waals surface area contributed by atoms with Gasteiger partial charge in [-0.1, -0.05) is 0 Å². The first-order chi connectivity index (χ1) is 5.70. The minimum atomic E-state index is 0.0196. The van der Waals surface area contributed by atoms with Crippen LogP contribution in [0.4, 0.5) is 0 Å². The van der Waals surface area contributed by atoms with Crippen LogP contribution in [-0.4, -0.2) is 17.4 Å². The molecule has 0 atom stereocenters. The second-order valence-electron chi connectivity index (χ2n) is 2.63. The molecule has 1 aromatic heterocycles.